The molecule has 3 atom stereocenters. The van der Waals surface area contributed by atoms with Crippen molar-refractivity contribution in [2.75, 3.05) is 0 Å². The first-order valence-corrected chi connectivity index (χ1v) is 11.8. The van der Waals surface area contributed by atoms with Crippen LogP contribution < -0.4 is 0 Å². The molecule has 150 valence electrons. The first-order valence-electron chi connectivity index (χ1n) is 11.8. The summed E-state index contributed by atoms with van der Waals surface area (Å²) in [7, 11) is 0. The highest BCUT2D eigenvalue weighted by Gasteiger charge is 2.27. The third kappa shape index (κ3) is 10.0. The van der Waals surface area contributed by atoms with Crippen molar-refractivity contribution in [3.05, 3.63) is 0 Å². The van der Waals surface area contributed by atoms with E-state index in [1.807, 2.05) is 0 Å². The van der Waals surface area contributed by atoms with Crippen molar-refractivity contribution >= 4 is 0 Å². The molecule has 2 unspecified atom stereocenters. The summed E-state index contributed by atoms with van der Waals surface area (Å²) >= 11 is 0. The normalized spacial score (nSPS) is 24.8. The molecule has 1 heteroatoms. The third-order valence-electron chi connectivity index (χ3n) is 7.01. The molecular weight excluding hydrogens is 304 g/mol. The van der Waals surface area contributed by atoms with Gasteiger partial charge in [0.15, 0.2) is 0 Å². The lowest BCUT2D eigenvalue weighted by Gasteiger charge is -2.32. The molecule has 1 N–H and O–H groups in total. The Hall–Kier alpha value is -0.0400. The third-order valence-corrected chi connectivity index (χ3v) is 7.01. The van der Waals surface area contributed by atoms with Crippen LogP contribution in [0, 0.1) is 23.7 Å². The van der Waals surface area contributed by atoms with Crippen LogP contribution in [-0.2, 0) is 0 Å². The van der Waals surface area contributed by atoms with Crippen LogP contribution >= 0.6 is 0 Å². The first-order chi connectivity index (χ1) is 12.1. The highest BCUT2D eigenvalue weighted by atomic mass is 16.3. The number of aliphatic hydroxyl groups excluding tert-OH is 1. The van der Waals surface area contributed by atoms with Gasteiger partial charge < -0.3 is 5.11 Å². The molecule has 1 aliphatic carbocycles. The standard InChI is InChI=1S/C24H48O/c1-5-12-20(4)13-10-8-9-11-14-22(7-3)19-24(25)23-17-15-21(6-2)16-18-23/h20-25H,5-19H2,1-4H3/t20?,21?,22-,23?,24?/m0/s1. The van der Waals surface area contributed by atoms with Crippen molar-refractivity contribution in [1.82, 2.24) is 0 Å². The summed E-state index contributed by atoms with van der Waals surface area (Å²) in [6.45, 7) is 9.34. The van der Waals surface area contributed by atoms with Gasteiger partial charge in [0.2, 0.25) is 0 Å². The molecule has 0 bridgehead atoms. The minimum atomic E-state index is -0.0300. The van der Waals surface area contributed by atoms with Crippen LogP contribution in [-0.4, -0.2) is 11.2 Å². The van der Waals surface area contributed by atoms with Crippen LogP contribution in [0.3, 0.4) is 0 Å². The van der Waals surface area contributed by atoms with Gasteiger partial charge in [-0.15, -0.1) is 0 Å². The topological polar surface area (TPSA) is 20.2 Å². The lowest BCUT2D eigenvalue weighted by atomic mass is 9.76. The quantitative estimate of drug-likeness (QED) is 0.317. The lowest BCUT2D eigenvalue weighted by molar-refractivity contribution is 0.0507. The van der Waals surface area contributed by atoms with Crippen molar-refractivity contribution in [2.24, 2.45) is 23.7 Å². The van der Waals surface area contributed by atoms with Crippen LogP contribution in [0.5, 0.6) is 0 Å². The van der Waals surface area contributed by atoms with Gasteiger partial charge in [-0.3, -0.25) is 0 Å². The molecular formula is C24H48O. The van der Waals surface area contributed by atoms with Crippen LogP contribution in [0.1, 0.15) is 124 Å². The maximum atomic E-state index is 10.7. The Labute approximate surface area is 159 Å². The molecule has 0 amide bonds. The second-order valence-electron chi connectivity index (χ2n) is 9.15. The van der Waals surface area contributed by atoms with Gasteiger partial charge in [-0.05, 0) is 42.9 Å². The van der Waals surface area contributed by atoms with Crippen LogP contribution in [0.4, 0.5) is 0 Å². The fraction of sp³-hybridized carbons (Fsp3) is 1.00. The van der Waals surface area contributed by atoms with E-state index in [9.17, 15) is 5.11 Å². The van der Waals surface area contributed by atoms with Gasteiger partial charge in [0.05, 0.1) is 6.10 Å². The Kier molecular flexibility index (Phi) is 12.9. The van der Waals surface area contributed by atoms with E-state index in [1.54, 1.807) is 0 Å². The number of rotatable bonds is 14. The molecule has 0 radical (unpaired) electrons. The molecule has 0 saturated heterocycles. The van der Waals surface area contributed by atoms with Crippen LogP contribution in [0.2, 0.25) is 0 Å². The van der Waals surface area contributed by atoms with E-state index in [0.717, 1.165) is 24.2 Å². The zero-order valence-electron chi connectivity index (χ0n) is 17.9. The highest BCUT2D eigenvalue weighted by molar-refractivity contribution is 4.78. The average Bonchev–Trinajstić information content (AvgIpc) is 2.63. The zero-order valence-corrected chi connectivity index (χ0v) is 17.9. The summed E-state index contributed by atoms with van der Waals surface area (Å²) in [5, 5.41) is 10.7. The molecule has 1 saturated carbocycles. The smallest absolute Gasteiger partial charge is 0.0571 e. The zero-order chi connectivity index (χ0) is 18.5. The fourth-order valence-electron chi connectivity index (χ4n) is 4.92. The Balaban J connectivity index is 2.11. The van der Waals surface area contributed by atoms with E-state index in [4.69, 9.17) is 0 Å². The summed E-state index contributed by atoms with van der Waals surface area (Å²) in [6, 6.07) is 0. The van der Waals surface area contributed by atoms with E-state index >= 15 is 0 Å². The van der Waals surface area contributed by atoms with Gasteiger partial charge in [0.25, 0.3) is 0 Å². The van der Waals surface area contributed by atoms with E-state index in [1.165, 1.54) is 89.9 Å². The minimum Gasteiger partial charge on any atom is -0.393 e. The molecule has 0 aromatic rings. The summed E-state index contributed by atoms with van der Waals surface area (Å²) in [6.07, 6.45) is 19.9. The second kappa shape index (κ2) is 14.1. The molecule has 0 heterocycles. The first kappa shape index (κ1) is 23.0. The highest BCUT2D eigenvalue weighted by Crippen LogP contribution is 2.35. The Bertz CT molecular complexity index is 292. The monoisotopic (exact) mass is 352 g/mol. The van der Waals surface area contributed by atoms with Crippen molar-refractivity contribution in [3.8, 4) is 0 Å². The summed E-state index contributed by atoms with van der Waals surface area (Å²) in [5.41, 5.74) is 0. The van der Waals surface area contributed by atoms with Gasteiger partial charge in [-0.1, -0.05) is 105 Å². The van der Waals surface area contributed by atoms with Crippen molar-refractivity contribution in [3.63, 3.8) is 0 Å². The van der Waals surface area contributed by atoms with Crippen molar-refractivity contribution in [1.29, 1.82) is 0 Å². The van der Waals surface area contributed by atoms with Gasteiger partial charge in [-0.2, -0.15) is 0 Å². The molecule has 25 heavy (non-hydrogen) atoms. The maximum Gasteiger partial charge on any atom is 0.0571 e. The number of unbranched alkanes of at least 4 members (excludes halogenated alkanes) is 3. The van der Waals surface area contributed by atoms with Gasteiger partial charge in [-0.25, -0.2) is 0 Å². The Morgan fingerprint density at radius 1 is 0.840 bits per heavy atom. The van der Waals surface area contributed by atoms with Gasteiger partial charge in [0.1, 0.15) is 0 Å². The van der Waals surface area contributed by atoms with Crippen molar-refractivity contribution in [2.45, 2.75) is 130 Å². The molecule has 0 aromatic heterocycles. The summed E-state index contributed by atoms with van der Waals surface area (Å²) in [4.78, 5) is 0. The number of hydrogen-bond acceptors (Lipinski definition) is 1. The predicted octanol–water partition coefficient (Wildman–Crippen LogP) is 7.76. The number of aliphatic hydroxyl groups is 1. The van der Waals surface area contributed by atoms with Crippen LogP contribution in [0.25, 0.3) is 0 Å². The van der Waals surface area contributed by atoms with E-state index in [-0.39, 0.29) is 6.10 Å². The SMILES string of the molecule is CCCC(C)CCCCCC[C@H](CC)CC(O)C1CCC(CC)CC1. The predicted molar refractivity (Wildman–Crippen MR) is 112 cm³/mol. The largest absolute Gasteiger partial charge is 0.393 e. The fourth-order valence-corrected chi connectivity index (χ4v) is 4.92. The molecule has 1 rings (SSSR count). The summed E-state index contributed by atoms with van der Waals surface area (Å²) in [5.74, 6) is 3.20. The van der Waals surface area contributed by atoms with Gasteiger partial charge in [0, 0.05) is 0 Å². The minimum absolute atomic E-state index is 0.0300. The van der Waals surface area contributed by atoms with Crippen molar-refractivity contribution < 1.29 is 5.11 Å². The Morgan fingerprint density at radius 3 is 2.04 bits per heavy atom. The lowest BCUT2D eigenvalue weighted by Crippen LogP contribution is -2.27. The van der Waals surface area contributed by atoms with E-state index in [2.05, 4.69) is 27.7 Å². The molecule has 0 aromatic carbocycles. The second-order valence-corrected chi connectivity index (χ2v) is 9.15. The molecule has 1 fully saturated rings. The van der Waals surface area contributed by atoms with E-state index in [0.29, 0.717) is 5.92 Å². The Morgan fingerprint density at radius 2 is 1.48 bits per heavy atom. The average molecular weight is 353 g/mol. The van der Waals surface area contributed by atoms with Gasteiger partial charge >= 0.3 is 0 Å². The molecule has 0 spiro atoms. The molecule has 1 aliphatic rings. The van der Waals surface area contributed by atoms with E-state index < -0.39 is 0 Å². The van der Waals surface area contributed by atoms with Crippen LogP contribution in [0.15, 0.2) is 0 Å². The molecule has 1 nitrogen and oxygen atoms in total. The molecule has 0 aliphatic heterocycles. The summed E-state index contributed by atoms with van der Waals surface area (Å²) < 4.78 is 0. The maximum absolute atomic E-state index is 10.7. The number of hydrogen-bond donors (Lipinski definition) is 1.